The molecule has 1 aliphatic rings. The van der Waals surface area contributed by atoms with E-state index in [-0.39, 0.29) is 0 Å². The first-order chi connectivity index (χ1) is 8.38. The summed E-state index contributed by atoms with van der Waals surface area (Å²) in [4.78, 5) is 10.0. The van der Waals surface area contributed by atoms with Crippen LogP contribution in [0.2, 0.25) is 0 Å². The summed E-state index contributed by atoms with van der Waals surface area (Å²) in [6.07, 6.45) is 16.5. The molecule has 1 nitrogen and oxygen atoms in total. The molecule has 0 aromatic heterocycles. The molecule has 0 aromatic rings. The predicted octanol–water partition coefficient (Wildman–Crippen LogP) is 4.93. The van der Waals surface area contributed by atoms with Crippen molar-refractivity contribution in [2.75, 3.05) is 0 Å². The van der Waals surface area contributed by atoms with Crippen LogP contribution < -0.4 is 0 Å². The lowest BCUT2D eigenvalue weighted by molar-refractivity contribution is 0.225. The van der Waals surface area contributed by atoms with Gasteiger partial charge in [0, 0.05) is 0 Å². The van der Waals surface area contributed by atoms with Crippen molar-refractivity contribution in [3.63, 3.8) is 0 Å². The Hall–Kier alpha value is -0.550. The fourth-order valence-corrected chi connectivity index (χ4v) is 3.27. The Bertz CT molecular complexity index is 222. The first kappa shape index (κ1) is 14.5. The molecule has 17 heavy (non-hydrogen) atoms. The Balaban J connectivity index is 2.11. The predicted molar refractivity (Wildman–Crippen MR) is 73.7 cm³/mol. The largest absolute Gasteiger partial charge is 0.234 e. The molecule has 98 valence electrons. The van der Waals surface area contributed by atoms with Crippen molar-refractivity contribution in [2.24, 2.45) is 11.8 Å². The summed E-state index contributed by atoms with van der Waals surface area (Å²) in [6.45, 7) is 2.36. The standard InChI is InChI=1S/C16H28O/c1-2-15(16-12-8-6-9-13-16)11-7-4-3-5-10-14-17/h10,15-16H,2-9,11-13H2,1H3. The Kier molecular flexibility index (Phi) is 8.09. The lowest BCUT2D eigenvalue weighted by Gasteiger charge is -2.29. The quantitative estimate of drug-likeness (QED) is 0.431. The second-order valence-electron chi connectivity index (χ2n) is 5.53. The van der Waals surface area contributed by atoms with E-state index < -0.39 is 0 Å². The summed E-state index contributed by atoms with van der Waals surface area (Å²) in [6, 6.07) is 0. The zero-order chi connectivity index (χ0) is 12.3. The third kappa shape index (κ3) is 6.07. The van der Waals surface area contributed by atoms with Crippen molar-refractivity contribution in [2.45, 2.75) is 77.6 Å². The molecule has 0 amide bonds. The van der Waals surface area contributed by atoms with Gasteiger partial charge in [-0.15, -0.1) is 0 Å². The van der Waals surface area contributed by atoms with Gasteiger partial charge in [0.15, 0.2) is 0 Å². The maximum atomic E-state index is 10.0. The van der Waals surface area contributed by atoms with Gasteiger partial charge in [0.1, 0.15) is 5.94 Å². The van der Waals surface area contributed by atoms with Gasteiger partial charge < -0.3 is 0 Å². The lowest BCUT2D eigenvalue weighted by atomic mass is 9.76. The maximum Gasteiger partial charge on any atom is 0.120 e. The Morgan fingerprint density at radius 2 is 1.94 bits per heavy atom. The van der Waals surface area contributed by atoms with Crippen molar-refractivity contribution in [1.29, 1.82) is 0 Å². The summed E-state index contributed by atoms with van der Waals surface area (Å²) >= 11 is 0. The molecule has 0 aliphatic heterocycles. The Morgan fingerprint density at radius 3 is 2.59 bits per heavy atom. The lowest BCUT2D eigenvalue weighted by Crippen LogP contribution is -2.17. The molecule has 0 radical (unpaired) electrons. The first-order valence-corrected chi connectivity index (χ1v) is 7.57. The molecule has 0 saturated heterocycles. The molecule has 1 fully saturated rings. The van der Waals surface area contributed by atoms with E-state index in [4.69, 9.17) is 0 Å². The van der Waals surface area contributed by atoms with Gasteiger partial charge in [0.2, 0.25) is 0 Å². The molecule has 1 saturated carbocycles. The van der Waals surface area contributed by atoms with E-state index >= 15 is 0 Å². The normalized spacial score (nSPS) is 18.6. The third-order valence-electron chi connectivity index (χ3n) is 4.35. The highest BCUT2D eigenvalue weighted by Crippen LogP contribution is 2.34. The summed E-state index contributed by atoms with van der Waals surface area (Å²) in [5.74, 6) is 3.84. The highest BCUT2D eigenvalue weighted by molar-refractivity contribution is 5.44. The van der Waals surface area contributed by atoms with Crippen LogP contribution in [0.5, 0.6) is 0 Å². The van der Waals surface area contributed by atoms with Crippen LogP contribution in [0.25, 0.3) is 0 Å². The van der Waals surface area contributed by atoms with Crippen LogP contribution in [-0.4, -0.2) is 5.94 Å². The van der Waals surface area contributed by atoms with E-state index in [0.29, 0.717) is 0 Å². The van der Waals surface area contributed by atoms with Gasteiger partial charge in [-0.2, -0.15) is 0 Å². The molecule has 1 unspecified atom stereocenters. The van der Waals surface area contributed by atoms with Gasteiger partial charge in [0.05, 0.1) is 0 Å². The average Bonchev–Trinajstić information content (AvgIpc) is 2.39. The van der Waals surface area contributed by atoms with Crippen molar-refractivity contribution in [3.05, 3.63) is 6.08 Å². The van der Waals surface area contributed by atoms with Gasteiger partial charge in [-0.1, -0.05) is 64.7 Å². The van der Waals surface area contributed by atoms with Crippen LogP contribution in [0.15, 0.2) is 6.08 Å². The maximum absolute atomic E-state index is 10.0. The molecular formula is C16H28O. The SMILES string of the molecule is CCC(CCCCCC=C=O)C1CCCCC1. The molecule has 0 spiro atoms. The Morgan fingerprint density at radius 1 is 1.18 bits per heavy atom. The summed E-state index contributed by atoms with van der Waals surface area (Å²) in [5.41, 5.74) is 0. The van der Waals surface area contributed by atoms with E-state index in [9.17, 15) is 4.79 Å². The number of allylic oxidation sites excluding steroid dienone is 1. The van der Waals surface area contributed by atoms with Crippen molar-refractivity contribution < 1.29 is 4.79 Å². The average molecular weight is 236 g/mol. The summed E-state index contributed by atoms with van der Waals surface area (Å²) in [7, 11) is 0. The minimum Gasteiger partial charge on any atom is -0.234 e. The number of unbranched alkanes of at least 4 members (excludes halogenated alkanes) is 3. The van der Waals surface area contributed by atoms with E-state index in [1.807, 2.05) is 5.94 Å². The van der Waals surface area contributed by atoms with Crippen LogP contribution in [0.1, 0.15) is 77.6 Å². The molecule has 1 heteroatoms. The number of hydrogen-bond acceptors (Lipinski definition) is 1. The highest BCUT2D eigenvalue weighted by Gasteiger charge is 2.21. The molecule has 1 rings (SSSR count). The van der Waals surface area contributed by atoms with Gasteiger partial charge in [0.25, 0.3) is 0 Å². The zero-order valence-electron chi connectivity index (χ0n) is 11.4. The van der Waals surface area contributed by atoms with Gasteiger partial charge in [-0.25, -0.2) is 4.79 Å². The highest BCUT2D eigenvalue weighted by atomic mass is 16.1. The van der Waals surface area contributed by atoms with Crippen molar-refractivity contribution >= 4 is 5.94 Å². The fraction of sp³-hybridized carbons (Fsp3) is 0.875. The van der Waals surface area contributed by atoms with Crippen molar-refractivity contribution in [1.82, 2.24) is 0 Å². The monoisotopic (exact) mass is 236 g/mol. The van der Waals surface area contributed by atoms with Crippen LogP contribution in [0.3, 0.4) is 0 Å². The molecule has 0 heterocycles. The van der Waals surface area contributed by atoms with E-state index in [0.717, 1.165) is 24.7 Å². The van der Waals surface area contributed by atoms with Crippen LogP contribution in [-0.2, 0) is 4.79 Å². The van der Waals surface area contributed by atoms with Gasteiger partial charge in [-0.3, -0.25) is 0 Å². The molecule has 1 aliphatic carbocycles. The summed E-state index contributed by atoms with van der Waals surface area (Å²) in [5, 5.41) is 0. The molecule has 1 atom stereocenters. The van der Waals surface area contributed by atoms with Crippen LogP contribution in [0, 0.1) is 11.8 Å². The topological polar surface area (TPSA) is 17.1 Å². The first-order valence-electron chi connectivity index (χ1n) is 7.57. The molecule has 0 aromatic carbocycles. The smallest absolute Gasteiger partial charge is 0.120 e. The van der Waals surface area contributed by atoms with E-state index in [2.05, 4.69) is 6.92 Å². The number of rotatable bonds is 8. The molecule has 0 N–H and O–H groups in total. The second kappa shape index (κ2) is 9.48. The number of carbonyl (C=O) groups excluding carboxylic acids is 1. The van der Waals surface area contributed by atoms with E-state index in [1.165, 1.54) is 57.8 Å². The minimum atomic E-state index is 0.920. The zero-order valence-corrected chi connectivity index (χ0v) is 11.4. The third-order valence-corrected chi connectivity index (χ3v) is 4.35. The molecular weight excluding hydrogens is 208 g/mol. The van der Waals surface area contributed by atoms with Crippen LogP contribution >= 0.6 is 0 Å². The van der Waals surface area contributed by atoms with E-state index in [1.54, 1.807) is 6.08 Å². The second-order valence-corrected chi connectivity index (χ2v) is 5.53. The summed E-state index contributed by atoms with van der Waals surface area (Å²) < 4.78 is 0. The van der Waals surface area contributed by atoms with Gasteiger partial charge >= 0.3 is 0 Å². The van der Waals surface area contributed by atoms with Gasteiger partial charge in [-0.05, 0) is 30.8 Å². The van der Waals surface area contributed by atoms with Crippen LogP contribution in [0.4, 0.5) is 0 Å². The molecule has 0 bridgehead atoms. The van der Waals surface area contributed by atoms with Crippen molar-refractivity contribution in [3.8, 4) is 0 Å². The fourth-order valence-electron chi connectivity index (χ4n) is 3.27. The Labute approximate surface area is 107 Å². The number of hydrogen-bond donors (Lipinski definition) is 0. The minimum absolute atomic E-state index is 0.920.